The molecule has 3 rings (SSSR count). The fraction of sp³-hybridized carbons (Fsp3) is 0.130. The van der Waals surface area contributed by atoms with Crippen LogP contribution >= 0.6 is 11.6 Å². The molecule has 3 aromatic rings. The topological polar surface area (TPSA) is 55.4 Å². The second-order valence-corrected chi connectivity index (χ2v) is 6.78. The fourth-order valence-electron chi connectivity index (χ4n) is 2.82. The van der Waals surface area contributed by atoms with Crippen LogP contribution in [-0.4, -0.2) is 11.9 Å². The van der Waals surface area contributed by atoms with Crippen LogP contribution in [0.5, 0.6) is 0 Å². The minimum Gasteiger partial charge on any atom is -0.461 e. The summed E-state index contributed by atoms with van der Waals surface area (Å²) < 4.78 is 18.9. The Morgan fingerprint density at radius 1 is 0.931 bits per heavy atom. The van der Waals surface area contributed by atoms with Crippen molar-refractivity contribution in [1.29, 1.82) is 0 Å². The number of hydrogen-bond acceptors (Lipinski definition) is 3. The molecule has 1 N–H and O–H groups in total. The molecule has 6 heteroatoms. The van der Waals surface area contributed by atoms with Gasteiger partial charge in [-0.1, -0.05) is 72.3 Å². The van der Waals surface area contributed by atoms with Gasteiger partial charge in [-0.2, -0.15) is 0 Å². The van der Waals surface area contributed by atoms with Gasteiger partial charge in [0.1, 0.15) is 12.4 Å². The Hall–Kier alpha value is -3.18. The molecule has 4 nitrogen and oxygen atoms in total. The second-order valence-electron chi connectivity index (χ2n) is 6.37. The van der Waals surface area contributed by atoms with Crippen molar-refractivity contribution in [2.75, 3.05) is 0 Å². The molecule has 0 spiro atoms. The average molecular weight is 412 g/mol. The van der Waals surface area contributed by atoms with Crippen molar-refractivity contribution in [3.05, 3.63) is 106 Å². The van der Waals surface area contributed by atoms with Gasteiger partial charge in [0.05, 0.1) is 23.0 Å². The van der Waals surface area contributed by atoms with Gasteiger partial charge in [0, 0.05) is 5.56 Å². The molecule has 0 saturated carbocycles. The van der Waals surface area contributed by atoms with E-state index in [1.54, 1.807) is 42.5 Å². The Morgan fingerprint density at radius 2 is 1.59 bits per heavy atom. The summed E-state index contributed by atoms with van der Waals surface area (Å²) in [5, 5.41) is 3.15. The molecule has 0 aromatic heterocycles. The standard InChI is InChI=1S/C23H19ClFNO3/c24-19-12-6-5-11-18(19)23(28)26-21(16-8-2-1-3-9-16)14-22(27)29-15-17-10-4-7-13-20(17)25/h1-13,21H,14-15H2,(H,26,28)/t21-/m1/s1. The number of amides is 1. The Bertz CT molecular complexity index is 994. The quantitative estimate of drug-likeness (QED) is 0.551. The van der Waals surface area contributed by atoms with Crippen LogP contribution in [0.1, 0.15) is 33.9 Å². The van der Waals surface area contributed by atoms with E-state index in [1.165, 1.54) is 6.07 Å². The zero-order valence-corrected chi connectivity index (χ0v) is 16.2. The van der Waals surface area contributed by atoms with Gasteiger partial charge in [-0.25, -0.2) is 4.39 Å². The van der Waals surface area contributed by atoms with E-state index in [1.807, 2.05) is 30.3 Å². The van der Waals surface area contributed by atoms with Gasteiger partial charge in [-0.3, -0.25) is 9.59 Å². The summed E-state index contributed by atoms with van der Waals surface area (Å²) in [4.78, 5) is 25.0. The fourth-order valence-corrected chi connectivity index (χ4v) is 3.04. The molecule has 0 unspecified atom stereocenters. The first kappa shape index (κ1) is 20.6. The number of ether oxygens (including phenoxy) is 1. The number of hydrogen-bond donors (Lipinski definition) is 1. The number of esters is 1. The van der Waals surface area contributed by atoms with E-state index in [2.05, 4.69) is 5.32 Å². The highest BCUT2D eigenvalue weighted by Gasteiger charge is 2.21. The minimum atomic E-state index is -0.618. The minimum absolute atomic E-state index is 0.103. The maximum Gasteiger partial charge on any atom is 0.308 e. The van der Waals surface area contributed by atoms with Gasteiger partial charge < -0.3 is 10.1 Å². The first-order chi connectivity index (χ1) is 14.0. The first-order valence-electron chi connectivity index (χ1n) is 9.04. The van der Waals surface area contributed by atoms with Gasteiger partial charge in [0.15, 0.2) is 0 Å². The summed E-state index contributed by atoms with van der Waals surface area (Å²) in [5.74, 6) is -1.39. The Balaban J connectivity index is 1.71. The lowest BCUT2D eigenvalue weighted by Crippen LogP contribution is -2.30. The van der Waals surface area contributed by atoms with Crippen LogP contribution in [0.4, 0.5) is 4.39 Å². The van der Waals surface area contributed by atoms with Crippen LogP contribution in [0.25, 0.3) is 0 Å². The lowest BCUT2D eigenvalue weighted by atomic mass is 10.0. The molecule has 0 fully saturated rings. The van der Waals surface area contributed by atoms with Crippen LogP contribution in [-0.2, 0) is 16.1 Å². The van der Waals surface area contributed by atoms with Crippen LogP contribution in [0.15, 0.2) is 78.9 Å². The number of carbonyl (C=O) groups excluding carboxylic acids is 2. The summed E-state index contributed by atoms with van der Waals surface area (Å²) >= 11 is 6.10. The van der Waals surface area contributed by atoms with Gasteiger partial charge in [-0.15, -0.1) is 0 Å². The lowest BCUT2D eigenvalue weighted by molar-refractivity contribution is -0.145. The van der Waals surface area contributed by atoms with Crippen molar-refractivity contribution >= 4 is 23.5 Å². The summed E-state index contributed by atoms with van der Waals surface area (Å²) in [6.07, 6.45) is -0.103. The largest absolute Gasteiger partial charge is 0.461 e. The molecular formula is C23H19ClFNO3. The Morgan fingerprint density at radius 3 is 2.31 bits per heavy atom. The molecule has 0 bridgehead atoms. The second kappa shape index (κ2) is 9.85. The van der Waals surface area contributed by atoms with Crippen molar-refractivity contribution in [2.24, 2.45) is 0 Å². The van der Waals surface area contributed by atoms with Gasteiger partial charge in [0.2, 0.25) is 0 Å². The van der Waals surface area contributed by atoms with E-state index in [-0.39, 0.29) is 18.6 Å². The van der Waals surface area contributed by atoms with E-state index in [9.17, 15) is 14.0 Å². The van der Waals surface area contributed by atoms with Crippen molar-refractivity contribution in [3.63, 3.8) is 0 Å². The molecular weight excluding hydrogens is 393 g/mol. The van der Waals surface area contributed by atoms with Crippen LogP contribution in [0.2, 0.25) is 5.02 Å². The van der Waals surface area contributed by atoms with E-state index in [0.717, 1.165) is 5.56 Å². The molecule has 0 aliphatic rings. The molecule has 148 valence electrons. The van der Waals surface area contributed by atoms with Crippen LogP contribution in [0.3, 0.4) is 0 Å². The van der Waals surface area contributed by atoms with Gasteiger partial charge in [-0.05, 0) is 23.8 Å². The van der Waals surface area contributed by atoms with Crippen molar-refractivity contribution in [3.8, 4) is 0 Å². The highest BCUT2D eigenvalue weighted by molar-refractivity contribution is 6.33. The molecule has 3 aromatic carbocycles. The van der Waals surface area contributed by atoms with Gasteiger partial charge in [0.25, 0.3) is 5.91 Å². The zero-order valence-electron chi connectivity index (χ0n) is 15.5. The van der Waals surface area contributed by atoms with E-state index < -0.39 is 23.7 Å². The lowest BCUT2D eigenvalue weighted by Gasteiger charge is -2.19. The molecule has 1 amide bonds. The van der Waals surface area contributed by atoms with Gasteiger partial charge >= 0.3 is 5.97 Å². The summed E-state index contributed by atoms with van der Waals surface area (Å²) in [7, 11) is 0. The SMILES string of the molecule is O=C(C[C@@H](NC(=O)c1ccccc1Cl)c1ccccc1)OCc1ccccc1F. The molecule has 29 heavy (non-hydrogen) atoms. The summed E-state index contributed by atoms with van der Waals surface area (Å²) in [5.41, 5.74) is 1.35. The molecule has 0 saturated heterocycles. The Kier molecular flexibility index (Phi) is 6.98. The molecule has 0 radical (unpaired) electrons. The summed E-state index contributed by atoms with van der Waals surface area (Å²) in [6, 6.07) is 21.2. The maximum atomic E-state index is 13.7. The predicted molar refractivity (Wildman–Crippen MR) is 109 cm³/mol. The number of carbonyl (C=O) groups is 2. The van der Waals surface area contributed by atoms with E-state index in [4.69, 9.17) is 16.3 Å². The van der Waals surface area contributed by atoms with E-state index in [0.29, 0.717) is 10.6 Å². The van der Waals surface area contributed by atoms with Crippen molar-refractivity contribution in [2.45, 2.75) is 19.1 Å². The third-order valence-electron chi connectivity index (χ3n) is 4.34. The smallest absolute Gasteiger partial charge is 0.308 e. The molecule has 0 aliphatic carbocycles. The van der Waals surface area contributed by atoms with Crippen LogP contribution < -0.4 is 5.32 Å². The van der Waals surface area contributed by atoms with Crippen LogP contribution in [0, 0.1) is 5.82 Å². The highest BCUT2D eigenvalue weighted by atomic mass is 35.5. The van der Waals surface area contributed by atoms with Crippen molar-refractivity contribution in [1.82, 2.24) is 5.32 Å². The average Bonchev–Trinajstić information content (AvgIpc) is 2.73. The third-order valence-corrected chi connectivity index (χ3v) is 4.67. The normalized spacial score (nSPS) is 11.5. The summed E-state index contributed by atoms with van der Waals surface area (Å²) in [6.45, 7) is -0.175. The van der Waals surface area contributed by atoms with E-state index >= 15 is 0 Å². The highest BCUT2D eigenvalue weighted by Crippen LogP contribution is 2.21. The predicted octanol–water partition coefficient (Wildman–Crippen LogP) is 5.08. The van der Waals surface area contributed by atoms with Crippen molar-refractivity contribution < 1.29 is 18.7 Å². The molecule has 0 aliphatic heterocycles. The third kappa shape index (κ3) is 5.65. The zero-order chi connectivity index (χ0) is 20.6. The molecule has 0 heterocycles. The monoisotopic (exact) mass is 411 g/mol. The maximum absolute atomic E-state index is 13.7. The number of halogens is 2. The first-order valence-corrected chi connectivity index (χ1v) is 9.42. The number of rotatable bonds is 7. The number of benzene rings is 3. The Labute approximate surface area is 173 Å². The number of nitrogens with one attached hydrogen (secondary N) is 1. The molecule has 1 atom stereocenters.